The molecule has 0 amide bonds. The lowest BCUT2D eigenvalue weighted by molar-refractivity contribution is 0.625. The molecule has 16 heavy (non-hydrogen) atoms. The fraction of sp³-hybridized carbons (Fsp3) is 0.462. The van der Waals surface area contributed by atoms with Gasteiger partial charge in [0.1, 0.15) is 0 Å². The van der Waals surface area contributed by atoms with Crippen molar-refractivity contribution >= 4 is 17.3 Å². The second-order valence-electron chi connectivity index (χ2n) is 4.62. The predicted octanol–water partition coefficient (Wildman–Crippen LogP) is 3.45. The predicted molar refractivity (Wildman–Crippen MR) is 66.8 cm³/mol. The number of benzene rings is 1. The van der Waals surface area contributed by atoms with Crippen LogP contribution < -0.4 is 4.90 Å². The van der Waals surface area contributed by atoms with Crippen LogP contribution in [0.3, 0.4) is 0 Å². The number of rotatable bonds is 1. The molecule has 2 rings (SSSR count). The van der Waals surface area contributed by atoms with E-state index in [1.807, 2.05) is 12.1 Å². The molecule has 1 heterocycles. The second-order valence-corrected chi connectivity index (χ2v) is 5.03. The average molecular weight is 235 g/mol. The Labute approximate surface area is 101 Å². The molecule has 1 aliphatic heterocycles. The highest BCUT2D eigenvalue weighted by Crippen LogP contribution is 2.34. The van der Waals surface area contributed by atoms with Gasteiger partial charge in [-0.25, -0.2) is 0 Å². The summed E-state index contributed by atoms with van der Waals surface area (Å²) in [6.07, 6.45) is 1.20. The molecule has 0 radical (unpaired) electrons. The zero-order valence-corrected chi connectivity index (χ0v) is 10.3. The Morgan fingerprint density at radius 2 is 2.19 bits per heavy atom. The Balaban J connectivity index is 2.31. The average Bonchev–Trinajstić information content (AvgIpc) is 2.57. The summed E-state index contributed by atoms with van der Waals surface area (Å²) in [6.45, 7) is 5.53. The zero-order chi connectivity index (χ0) is 11.7. The van der Waals surface area contributed by atoms with Crippen LogP contribution in [0.15, 0.2) is 18.2 Å². The molecular weight excluding hydrogens is 220 g/mol. The number of hydrogen-bond donors (Lipinski definition) is 0. The molecule has 0 N–H and O–H groups in total. The molecule has 0 bridgehead atoms. The van der Waals surface area contributed by atoms with Crippen molar-refractivity contribution in [2.45, 2.75) is 26.3 Å². The van der Waals surface area contributed by atoms with Crippen LogP contribution >= 0.6 is 11.6 Å². The van der Waals surface area contributed by atoms with Gasteiger partial charge in [-0.2, -0.15) is 5.26 Å². The number of anilines is 1. The van der Waals surface area contributed by atoms with E-state index >= 15 is 0 Å². The van der Waals surface area contributed by atoms with Gasteiger partial charge in [-0.3, -0.25) is 0 Å². The van der Waals surface area contributed by atoms with Crippen LogP contribution in [0.4, 0.5) is 5.69 Å². The first kappa shape index (κ1) is 11.3. The van der Waals surface area contributed by atoms with Crippen LogP contribution in [-0.2, 0) is 0 Å². The van der Waals surface area contributed by atoms with Crippen LogP contribution in [0, 0.1) is 17.2 Å². The van der Waals surface area contributed by atoms with Gasteiger partial charge in [0.15, 0.2) is 0 Å². The Morgan fingerprint density at radius 3 is 2.69 bits per heavy atom. The van der Waals surface area contributed by atoms with Crippen LogP contribution in [0.2, 0.25) is 5.02 Å². The molecular formula is C13H15ClN2. The molecule has 0 spiro atoms. The molecule has 1 aromatic rings. The van der Waals surface area contributed by atoms with E-state index < -0.39 is 0 Å². The minimum Gasteiger partial charge on any atom is -0.367 e. The summed E-state index contributed by atoms with van der Waals surface area (Å²) in [5.41, 5.74) is 1.67. The molecule has 0 aliphatic carbocycles. The zero-order valence-electron chi connectivity index (χ0n) is 9.57. The van der Waals surface area contributed by atoms with Crippen LogP contribution in [-0.4, -0.2) is 12.6 Å². The van der Waals surface area contributed by atoms with Crippen molar-refractivity contribution in [3.8, 4) is 6.07 Å². The summed E-state index contributed by atoms with van der Waals surface area (Å²) in [5.74, 6) is 0.710. The van der Waals surface area contributed by atoms with Gasteiger partial charge in [-0.15, -0.1) is 0 Å². The van der Waals surface area contributed by atoms with Crippen molar-refractivity contribution in [2.75, 3.05) is 11.4 Å². The maximum atomic E-state index is 8.79. The van der Waals surface area contributed by atoms with E-state index in [4.69, 9.17) is 16.9 Å². The molecule has 3 heteroatoms. The van der Waals surface area contributed by atoms with Crippen molar-refractivity contribution in [1.29, 1.82) is 5.26 Å². The Hall–Kier alpha value is -1.20. The molecule has 2 nitrogen and oxygen atoms in total. The van der Waals surface area contributed by atoms with Gasteiger partial charge in [0.05, 0.1) is 22.3 Å². The van der Waals surface area contributed by atoms with Gasteiger partial charge in [0, 0.05) is 12.6 Å². The lowest BCUT2D eigenvalue weighted by Crippen LogP contribution is -2.26. The van der Waals surface area contributed by atoms with Gasteiger partial charge >= 0.3 is 0 Å². The SMILES string of the molecule is CC1CC(C)N(c2ccc(C#N)cc2Cl)C1. The first-order valence-corrected chi connectivity index (χ1v) is 5.96. The van der Waals surface area contributed by atoms with E-state index in [0.717, 1.165) is 12.2 Å². The number of nitrogens with zero attached hydrogens (tertiary/aromatic N) is 2. The van der Waals surface area contributed by atoms with Gasteiger partial charge < -0.3 is 4.90 Å². The van der Waals surface area contributed by atoms with Crippen LogP contribution in [0.1, 0.15) is 25.8 Å². The number of hydrogen-bond acceptors (Lipinski definition) is 2. The summed E-state index contributed by atoms with van der Waals surface area (Å²) < 4.78 is 0. The van der Waals surface area contributed by atoms with E-state index in [1.165, 1.54) is 6.42 Å². The molecule has 2 atom stereocenters. The van der Waals surface area contributed by atoms with E-state index in [0.29, 0.717) is 22.5 Å². The number of nitriles is 1. The smallest absolute Gasteiger partial charge is 0.0992 e. The summed E-state index contributed by atoms with van der Waals surface area (Å²) >= 11 is 6.21. The van der Waals surface area contributed by atoms with E-state index in [9.17, 15) is 0 Å². The summed E-state index contributed by atoms with van der Waals surface area (Å²) in [7, 11) is 0. The monoisotopic (exact) mass is 234 g/mol. The van der Waals surface area contributed by atoms with E-state index in [-0.39, 0.29) is 0 Å². The third-order valence-corrected chi connectivity index (χ3v) is 3.47. The quantitative estimate of drug-likeness (QED) is 0.744. The third-order valence-electron chi connectivity index (χ3n) is 3.17. The van der Waals surface area contributed by atoms with E-state index in [1.54, 1.807) is 6.07 Å². The Bertz CT molecular complexity index is 436. The highest BCUT2D eigenvalue weighted by Gasteiger charge is 2.27. The molecule has 1 aromatic carbocycles. The normalized spacial score (nSPS) is 24.5. The molecule has 0 saturated carbocycles. The lowest BCUT2D eigenvalue weighted by atomic mass is 10.1. The minimum atomic E-state index is 0.528. The van der Waals surface area contributed by atoms with Crippen molar-refractivity contribution < 1.29 is 0 Å². The summed E-state index contributed by atoms with van der Waals surface area (Å²) in [6, 6.07) is 8.16. The Kier molecular flexibility index (Phi) is 3.07. The lowest BCUT2D eigenvalue weighted by Gasteiger charge is -2.25. The molecule has 84 valence electrons. The fourth-order valence-electron chi connectivity index (χ4n) is 2.44. The first-order chi connectivity index (χ1) is 7.61. The van der Waals surface area contributed by atoms with Gasteiger partial charge in [-0.05, 0) is 37.5 Å². The second kappa shape index (κ2) is 4.35. The summed E-state index contributed by atoms with van der Waals surface area (Å²) in [4.78, 5) is 2.33. The van der Waals surface area contributed by atoms with Crippen LogP contribution in [0.25, 0.3) is 0 Å². The molecule has 1 saturated heterocycles. The first-order valence-electron chi connectivity index (χ1n) is 5.58. The standard InChI is InChI=1S/C13H15ClN2/c1-9-5-10(2)16(8-9)13-4-3-11(7-15)6-12(13)14/h3-4,6,9-10H,5,8H2,1-2H3. The summed E-state index contributed by atoms with van der Waals surface area (Å²) in [5, 5.41) is 9.47. The van der Waals surface area contributed by atoms with E-state index in [2.05, 4.69) is 24.8 Å². The molecule has 0 aromatic heterocycles. The molecule has 1 aliphatic rings. The van der Waals surface area contributed by atoms with Gasteiger partial charge in [0.25, 0.3) is 0 Å². The fourth-order valence-corrected chi connectivity index (χ4v) is 2.73. The molecule has 2 unspecified atom stereocenters. The third kappa shape index (κ3) is 2.01. The van der Waals surface area contributed by atoms with Crippen molar-refractivity contribution in [2.24, 2.45) is 5.92 Å². The highest BCUT2D eigenvalue weighted by molar-refractivity contribution is 6.33. The van der Waals surface area contributed by atoms with Crippen molar-refractivity contribution in [1.82, 2.24) is 0 Å². The maximum absolute atomic E-state index is 8.79. The minimum absolute atomic E-state index is 0.528. The topological polar surface area (TPSA) is 27.0 Å². The number of halogens is 1. The Morgan fingerprint density at radius 1 is 1.44 bits per heavy atom. The van der Waals surface area contributed by atoms with Crippen LogP contribution in [0.5, 0.6) is 0 Å². The molecule has 1 fully saturated rings. The van der Waals surface area contributed by atoms with Crippen molar-refractivity contribution in [3.05, 3.63) is 28.8 Å². The largest absolute Gasteiger partial charge is 0.367 e. The van der Waals surface area contributed by atoms with Gasteiger partial charge in [-0.1, -0.05) is 18.5 Å². The maximum Gasteiger partial charge on any atom is 0.0992 e. The van der Waals surface area contributed by atoms with Crippen molar-refractivity contribution in [3.63, 3.8) is 0 Å². The van der Waals surface area contributed by atoms with Gasteiger partial charge in [0.2, 0.25) is 0 Å². The highest BCUT2D eigenvalue weighted by atomic mass is 35.5.